The van der Waals surface area contributed by atoms with E-state index in [1.807, 2.05) is 12.1 Å². The molecule has 5 heteroatoms. The monoisotopic (exact) mass is 264 g/mol. The molecule has 104 valence electrons. The number of aliphatic carboxylic acids is 1. The molecule has 1 aliphatic heterocycles. The van der Waals surface area contributed by atoms with Gasteiger partial charge in [-0.3, -0.25) is 9.69 Å². The Morgan fingerprint density at radius 2 is 2.37 bits per heavy atom. The van der Waals surface area contributed by atoms with Gasteiger partial charge in [-0.15, -0.1) is 0 Å². The lowest BCUT2D eigenvalue weighted by Crippen LogP contribution is -2.33. The van der Waals surface area contributed by atoms with Gasteiger partial charge in [-0.05, 0) is 23.6 Å². The molecule has 0 fully saturated rings. The van der Waals surface area contributed by atoms with Crippen molar-refractivity contribution in [3.63, 3.8) is 0 Å². The van der Waals surface area contributed by atoms with E-state index in [2.05, 4.69) is 16.3 Å². The Labute approximate surface area is 113 Å². The molecule has 1 aliphatic rings. The van der Waals surface area contributed by atoms with Gasteiger partial charge in [-0.1, -0.05) is 12.1 Å². The summed E-state index contributed by atoms with van der Waals surface area (Å²) in [5.74, 6) is -0.838. The number of benzene rings is 1. The van der Waals surface area contributed by atoms with Gasteiger partial charge in [0.15, 0.2) is 0 Å². The number of carbonyl (C=O) groups is 1. The molecule has 1 aromatic carbocycles. The van der Waals surface area contributed by atoms with E-state index < -0.39 is 5.97 Å². The largest absolute Gasteiger partial charge is 0.480 e. The number of fused-ring (bicyclic) bond motifs is 1. The number of carboxylic acid groups (broad SMARTS) is 1. The third-order valence-corrected chi connectivity index (χ3v) is 3.39. The van der Waals surface area contributed by atoms with Crippen molar-refractivity contribution >= 4 is 11.7 Å². The van der Waals surface area contributed by atoms with E-state index in [0.29, 0.717) is 0 Å². The average Bonchev–Trinajstić information content (AvgIpc) is 2.42. The van der Waals surface area contributed by atoms with Gasteiger partial charge in [0.05, 0.1) is 6.61 Å². The third kappa shape index (κ3) is 3.68. The zero-order valence-electron chi connectivity index (χ0n) is 11.2. The summed E-state index contributed by atoms with van der Waals surface area (Å²) in [6, 6.07) is 6.04. The van der Waals surface area contributed by atoms with Gasteiger partial charge in [0.2, 0.25) is 0 Å². The Kier molecular flexibility index (Phi) is 4.76. The normalized spacial score (nSPS) is 15.0. The zero-order chi connectivity index (χ0) is 13.7. The van der Waals surface area contributed by atoms with Crippen LogP contribution in [0.2, 0.25) is 0 Å². The molecule has 0 spiro atoms. The van der Waals surface area contributed by atoms with Crippen LogP contribution >= 0.6 is 0 Å². The fourth-order valence-electron chi connectivity index (χ4n) is 2.42. The number of methoxy groups -OCH3 is 1. The predicted octanol–water partition coefficient (Wildman–Crippen LogP) is 1.19. The summed E-state index contributed by atoms with van der Waals surface area (Å²) in [5.41, 5.74) is 3.47. The molecule has 0 unspecified atom stereocenters. The van der Waals surface area contributed by atoms with Crippen molar-refractivity contribution < 1.29 is 14.6 Å². The predicted molar refractivity (Wildman–Crippen MR) is 73.4 cm³/mol. The van der Waals surface area contributed by atoms with E-state index in [-0.39, 0.29) is 6.54 Å². The first-order chi connectivity index (χ1) is 9.20. The van der Waals surface area contributed by atoms with Gasteiger partial charge in [0.1, 0.15) is 6.54 Å². The maximum atomic E-state index is 10.6. The van der Waals surface area contributed by atoms with Crippen molar-refractivity contribution in [3.8, 4) is 0 Å². The van der Waals surface area contributed by atoms with Crippen LogP contribution in [0.15, 0.2) is 18.2 Å². The van der Waals surface area contributed by atoms with E-state index >= 15 is 0 Å². The maximum Gasteiger partial charge on any atom is 0.322 e. The minimum absolute atomic E-state index is 0.0379. The van der Waals surface area contributed by atoms with Gasteiger partial charge in [0.25, 0.3) is 0 Å². The quantitative estimate of drug-likeness (QED) is 0.808. The zero-order valence-corrected chi connectivity index (χ0v) is 11.2. The second-order valence-corrected chi connectivity index (χ2v) is 4.71. The summed E-state index contributed by atoms with van der Waals surface area (Å²) >= 11 is 0. The molecule has 1 aromatic rings. The SMILES string of the molecule is COCCN1CCc2c(cccc2NCC(=O)O)C1. The van der Waals surface area contributed by atoms with Crippen molar-refractivity contribution in [1.29, 1.82) is 0 Å². The fourth-order valence-corrected chi connectivity index (χ4v) is 2.42. The topological polar surface area (TPSA) is 61.8 Å². The summed E-state index contributed by atoms with van der Waals surface area (Å²) in [7, 11) is 1.71. The number of carboxylic acids is 1. The summed E-state index contributed by atoms with van der Waals surface area (Å²) in [5, 5.41) is 11.7. The Morgan fingerprint density at radius 1 is 1.53 bits per heavy atom. The van der Waals surface area contributed by atoms with Crippen molar-refractivity contribution in [2.24, 2.45) is 0 Å². The minimum Gasteiger partial charge on any atom is -0.480 e. The van der Waals surface area contributed by atoms with Crippen molar-refractivity contribution in [1.82, 2.24) is 4.90 Å². The molecule has 0 bridgehead atoms. The summed E-state index contributed by atoms with van der Waals surface area (Å²) in [6.45, 7) is 3.53. The highest BCUT2D eigenvalue weighted by Gasteiger charge is 2.18. The molecular weight excluding hydrogens is 244 g/mol. The van der Waals surface area contributed by atoms with Crippen LogP contribution < -0.4 is 5.32 Å². The molecule has 0 aliphatic carbocycles. The Balaban J connectivity index is 2.05. The van der Waals surface area contributed by atoms with Gasteiger partial charge in [-0.2, -0.15) is 0 Å². The Bertz CT molecular complexity index is 448. The van der Waals surface area contributed by atoms with Crippen molar-refractivity contribution in [2.75, 3.05) is 38.7 Å². The molecule has 2 rings (SSSR count). The van der Waals surface area contributed by atoms with Crippen LogP contribution in [0.25, 0.3) is 0 Å². The molecule has 1 heterocycles. The van der Waals surface area contributed by atoms with Crippen LogP contribution in [-0.4, -0.2) is 49.3 Å². The van der Waals surface area contributed by atoms with Gasteiger partial charge in [-0.25, -0.2) is 0 Å². The number of rotatable bonds is 6. The van der Waals surface area contributed by atoms with E-state index in [0.717, 1.165) is 38.3 Å². The number of hydrogen-bond acceptors (Lipinski definition) is 4. The molecule has 0 aromatic heterocycles. The van der Waals surface area contributed by atoms with Gasteiger partial charge in [0, 0.05) is 32.4 Å². The van der Waals surface area contributed by atoms with E-state index in [1.54, 1.807) is 7.11 Å². The van der Waals surface area contributed by atoms with E-state index in [1.165, 1.54) is 11.1 Å². The Hall–Kier alpha value is -1.59. The second kappa shape index (κ2) is 6.54. The van der Waals surface area contributed by atoms with Gasteiger partial charge >= 0.3 is 5.97 Å². The highest BCUT2D eigenvalue weighted by Crippen LogP contribution is 2.25. The minimum atomic E-state index is -0.838. The molecule has 0 atom stereocenters. The maximum absolute atomic E-state index is 10.6. The molecule has 0 saturated carbocycles. The Morgan fingerprint density at radius 3 is 3.11 bits per heavy atom. The lowest BCUT2D eigenvalue weighted by atomic mass is 9.97. The molecule has 5 nitrogen and oxygen atoms in total. The molecule has 0 radical (unpaired) electrons. The summed E-state index contributed by atoms with van der Waals surface area (Å²) < 4.78 is 5.10. The van der Waals surface area contributed by atoms with Gasteiger partial charge < -0.3 is 15.2 Å². The second-order valence-electron chi connectivity index (χ2n) is 4.71. The van der Waals surface area contributed by atoms with Crippen LogP contribution in [0.3, 0.4) is 0 Å². The first kappa shape index (κ1) is 13.8. The van der Waals surface area contributed by atoms with Crippen LogP contribution in [-0.2, 0) is 22.5 Å². The van der Waals surface area contributed by atoms with Crippen molar-refractivity contribution in [3.05, 3.63) is 29.3 Å². The number of nitrogens with one attached hydrogen (secondary N) is 1. The lowest BCUT2D eigenvalue weighted by Gasteiger charge is -2.29. The van der Waals surface area contributed by atoms with Crippen LogP contribution in [0.4, 0.5) is 5.69 Å². The number of anilines is 1. The molecule has 2 N–H and O–H groups in total. The standard InChI is InChI=1S/C14H20N2O3/c1-19-8-7-16-6-5-12-11(10-16)3-2-4-13(12)15-9-14(17)18/h2-4,15H,5-10H2,1H3,(H,17,18). The number of nitrogens with zero attached hydrogens (tertiary/aromatic N) is 1. The first-order valence-electron chi connectivity index (χ1n) is 6.48. The average molecular weight is 264 g/mol. The highest BCUT2D eigenvalue weighted by molar-refractivity contribution is 5.73. The van der Waals surface area contributed by atoms with Crippen LogP contribution in [0.5, 0.6) is 0 Å². The van der Waals surface area contributed by atoms with E-state index in [4.69, 9.17) is 9.84 Å². The lowest BCUT2D eigenvalue weighted by molar-refractivity contribution is -0.134. The number of hydrogen-bond donors (Lipinski definition) is 2. The van der Waals surface area contributed by atoms with Crippen molar-refractivity contribution in [2.45, 2.75) is 13.0 Å². The number of ether oxygens (including phenoxy) is 1. The summed E-state index contributed by atoms with van der Waals surface area (Å²) in [6.07, 6.45) is 0.946. The first-order valence-corrected chi connectivity index (χ1v) is 6.48. The van der Waals surface area contributed by atoms with Crippen LogP contribution in [0, 0.1) is 0 Å². The summed E-state index contributed by atoms with van der Waals surface area (Å²) in [4.78, 5) is 13.0. The third-order valence-electron chi connectivity index (χ3n) is 3.39. The smallest absolute Gasteiger partial charge is 0.322 e. The molecular formula is C14H20N2O3. The fraction of sp³-hybridized carbons (Fsp3) is 0.500. The highest BCUT2D eigenvalue weighted by atomic mass is 16.5. The van der Waals surface area contributed by atoms with Crippen LogP contribution in [0.1, 0.15) is 11.1 Å². The van der Waals surface area contributed by atoms with E-state index in [9.17, 15) is 4.79 Å². The molecule has 0 saturated heterocycles. The molecule has 19 heavy (non-hydrogen) atoms. The molecule has 0 amide bonds.